The highest BCUT2D eigenvalue weighted by molar-refractivity contribution is 7.98. The molecule has 0 saturated carbocycles. The maximum Gasteiger partial charge on any atom is 0.152 e. The third-order valence-electron chi connectivity index (χ3n) is 4.22. The lowest BCUT2D eigenvalue weighted by molar-refractivity contribution is 0.112. The van der Waals surface area contributed by atoms with Crippen molar-refractivity contribution in [1.82, 2.24) is 4.98 Å². The van der Waals surface area contributed by atoms with Crippen molar-refractivity contribution < 1.29 is 4.79 Å². The standard InChI is InChI=1S/C20H21NOS/c1-3-4-5-14-6-11-19-17(12-14)18(13-22)20(21-19)15-7-9-16(23-2)10-8-15/h6-13,21H,3-5H2,1-2H3. The van der Waals surface area contributed by atoms with Crippen LogP contribution in [0.25, 0.3) is 22.2 Å². The second-order valence-electron chi connectivity index (χ2n) is 5.74. The number of rotatable bonds is 6. The minimum Gasteiger partial charge on any atom is -0.354 e. The van der Waals surface area contributed by atoms with Crippen LogP contribution in [0.4, 0.5) is 0 Å². The van der Waals surface area contributed by atoms with Gasteiger partial charge in [0.15, 0.2) is 6.29 Å². The number of fused-ring (bicyclic) bond motifs is 1. The van der Waals surface area contributed by atoms with Crippen molar-refractivity contribution in [1.29, 1.82) is 0 Å². The van der Waals surface area contributed by atoms with Gasteiger partial charge in [0.1, 0.15) is 0 Å². The normalized spacial score (nSPS) is 11.0. The Balaban J connectivity index is 2.07. The Morgan fingerprint density at radius 1 is 1.13 bits per heavy atom. The summed E-state index contributed by atoms with van der Waals surface area (Å²) in [6.45, 7) is 2.20. The van der Waals surface area contributed by atoms with Gasteiger partial charge in [-0.05, 0) is 54.5 Å². The summed E-state index contributed by atoms with van der Waals surface area (Å²) in [7, 11) is 0. The third kappa shape index (κ3) is 3.20. The van der Waals surface area contributed by atoms with Crippen LogP contribution in [0.3, 0.4) is 0 Å². The largest absolute Gasteiger partial charge is 0.354 e. The van der Waals surface area contributed by atoms with Gasteiger partial charge in [0.05, 0.1) is 5.69 Å². The summed E-state index contributed by atoms with van der Waals surface area (Å²) < 4.78 is 0. The molecule has 3 rings (SSSR count). The van der Waals surface area contributed by atoms with Crippen LogP contribution in [0.1, 0.15) is 35.7 Å². The van der Waals surface area contributed by atoms with Gasteiger partial charge in [0.2, 0.25) is 0 Å². The van der Waals surface area contributed by atoms with Gasteiger partial charge in [0, 0.05) is 21.4 Å². The zero-order chi connectivity index (χ0) is 16.2. The molecule has 0 atom stereocenters. The smallest absolute Gasteiger partial charge is 0.152 e. The molecule has 0 bridgehead atoms. The Kier molecular flexibility index (Phi) is 4.87. The molecule has 0 fully saturated rings. The van der Waals surface area contributed by atoms with Gasteiger partial charge in [0.25, 0.3) is 0 Å². The van der Waals surface area contributed by atoms with Crippen LogP contribution in [-0.4, -0.2) is 17.5 Å². The highest BCUT2D eigenvalue weighted by Gasteiger charge is 2.13. The number of aromatic nitrogens is 1. The van der Waals surface area contributed by atoms with E-state index in [4.69, 9.17) is 0 Å². The number of aryl methyl sites for hydroxylation is 1. The Morgan fingerprint density at radius 3 is 2.57 bits per heavy atom. The van der Waals surface area contributed by atoms with Crippen LogP contribution in [-0.2, 0) is 6.42 Å². The van der Waals surface area contributed by atoms with Crippen molar-refractivity contribution in [2.24, 2.45) is 0 Å². The van der Waals surface area contributed by atoms with E-state index < -0.39 is 0 Å². The molecule has 3 aromatic rings. The summed E-state index contributed by atoms with van der Waals surface area (Å²) in [5.74, 6) is 0. The number of aromatic amines is 1. The fraction of sp³-hybridized carbons (Fsp3) is 0.250. The van der Waals surface area contributed by atoms with Crippen molar-refractivity contribution in [2.45, 2.75) is 31.1 Å². The van der Waals surface area contributed by atoms with E-state index in [-0.39, 0.29) is 0 Å². The molecule has 0 radical (unpaired) electrons. The first-order valence-electron chi connectivity index (χ1n) is 8.01. The molecule has 0 aliphatic rings. The maximum absolute atomic E-state index is 11.7. The Morgan fingerprint density at radius 2 is 1.91 bits per heavy atom. The van der Waals surface area contributed by atoms with E-state index >= 15 is 0 Å². The summed E-state index contributed by atoms with van der Waals surface area (Å²) in [6, 6.07) is 14.7. The molecule has 118 valence electrons. The van der Waals surface area contributed by atoms with Gasteiger partial charge in [-0.1, -0.05) is 31.5 Å². The molecule has 0 spiro atoms. The molecule has 1 aromatic heterocycles. The van der Waals surface area contributed by atoms with Crippen LogP contribution in [0.15, 0.2) is 47.4 Å². The molecule has 0 aliphatic heterocycles. The topological polar surface area (TPSA) is 32.9 Å². The summed E-state index contributed by atoms with van der Waals surface area (Å²) in [5, 5.41) is 1.03. The minimum absolute atomic E-state index is 0.759. The quantitative estimate of drug-likeness (QED) is 0.465. The first kappa shape index (κ1) is 15.9. The van der Waals surface area contributed by atoms with Crippen LogP contribution in [0, 0.1) is 0 Å². The summed E-state index contributed by atoms with van der Waals surface area (Å²) >= 11 is 1.72. The number of aldehydes is 1. The van der Waals surface area contributed by atoms with E-state index in [1.54, 1.807) is 11.8 Å². The zero-order valence-corrected chi connectivity index (χ0v) is 14.4. The highest BCUT2D eigenvalue weighted by Crippen LogP contribution is 2.31. The lowest BCUT2D eigenvalue weighted by Gasteiger charge is -2.02. The van der Waals surface area contributed by atoms with Gasteiger partial charge in [-0.15, -0.1) is 11.8 Å². The predicted molar refractivity (Wildman–Crippen MR) is 99.5 cm³/mol. The second kappa shape index (κ2) is 7.05. The van der Waals surface area contributed by atoms with Crippen LogP contribution in [0.2, 0.25) is 0 Å². The number of nitrogens with one attached hydrogen (secondary N) is 1. The molecule has 3 heteroatoms. The predicted octanol–water partition coefficient (Wildman–Crippen LogP) is 5.71. The van der Waals surface area contributed by atoms with E-state index in [0.29, 0.717) is 0 Å². The molecule has 2 aromatic carbocycles. The van der Waals surface area contributed by atoms with Crippen molar-refractivity contribution >= 4 is 29.0 Å². The number of benzene rings is 2. The summed E-state index contributed by atoms with van der Waals surface area (Å²) in [5.41, 5.74) is 5.05. The van der Waals surface area contributed by atoms with E-state index in [0.717, 1.165) is 40.4 Å². The van der Waals surface area contributed by atoms with Gasteiger partial charge < -0.3 is 4.98 Å². The van der Waals surface area contributed by atoms with E-state index in [9.17, 15) is 4.79 Å². The Hall–Kier alpha value is -2.00. The Labute approximate surface area is 141 Å². The molecule has 0 aliphatic carbocycles. The van der Waals surface area contributed by atoms with Crippen LogP contribution < -0.4 is 0 Å². The summed E-state index contributed by atoms with van der Waals surface area (Å²) in [6.07, 6.45) is 6.45. The molecular weight excluding hydrogens is 302 g/mol. The van der Waals surface area contributed by atoms with E-state index in [1.165, 1.54) is 23.3 Å². The maximum atomic E-state index is 11.7. The number of hydrogen-bond donors (Lipinski definition) is 1. The number of H-pyrrole nitrogens is 1. The fourth-order valence-electron chi connectivity index (χ4n) is 2.90. The number of unbranched alkanes of at least 4 members (excludes halogenated alkanes) is 1. The monoisotopic (exact) mass is 323 g/mol. The van der Waals surface area contributed by atoms with Crippen molar-refractivity contribution in [3.63, 3.8) is 0 Å². The molecule has 0 unspecified atom stereocenters. The number of hydrogen-bond acceptors (Lipinski definition) is 2. The molecule has 0 amide bonds. The first-order valence-corrected chi connectivity index (χ1v) is 9.23. The SMILES string of the molecule is CCCCc1ccc2[nH]c(-c3ccc(SC)cc3)c(C=O)c2c1. The Bertz CT molecular complexity index is 818. The molecule has 1 N–H and O–H groups in total. The number of carbonyl (C=O) groups is 1. The van der Waals surface area contributed by atoms with Gasteiger partial charge in [-0.2, -0.15) is 0 Å². The highest BCUT2D eigenvalue weighted by atomic mass is 32.2. The van der Waals surface area contributed by atoms with Gasteiger partial charge in [-0.3, -0.25) is 4.79 Å². The number of carbonyl (C=O) groups excluding carboxylic acids is 1. The van der Waals surface area contributed by atoms with Crippen molar-refractivity contribution in [3.05, 3.63) is 53.6 Å². The van der Waals surface area contributed by atoms with E-state index in [1.807, 2.05) is 0 Å². The van der Waals surface area contributed by atoms with Gasteiger partial charge in [-0.25, -0.2) is 0 Å². The van der Waals surface area contributed by atoms with Crippen molar-refractivity contribution in [3.8, 4) is 11.3 Å². The second-order valence-corrected chi connectivity index (χ2v) is 6.62. The average Bonchev–Trinajstić information content (AvgIpc) is 2.97. The molecular formula is C20H21NOS. The molecule has 1 heterocycles. The van der Waals surface area contributed by atoms with Gasteiger partial charge >= 0.3 is 0 Å². The third-order valence-corrected chi connectivity index (χ3v) is 4.96. The zero-order valence-electron chi connectivity index (χ0n) is 13.6. The molecule has 23 heavy (non-hydrogen) atoms. The minimum atomic E-state index is 0.759. The van der Waals surface area contributed by atoms with Crippen LogP contribution in [0.5, 0.6) is 0 Å². The lowest BCUT2D eigenvalue weighted by atomic mass is 10.0. The lowest BCUT2D eigenvalue weighted by Crippen LogP contribution is -1.86. The first-order chi connectivity index (χ1) is 11.3. The molecule has 2 nitrogen and oxygen atoms in total. The number of thioether (sulfide) groups is 1. The van der Waals surface area contributed by atoms with Crippen LogP contribution >= 0.6 is 11.8 Å². The average molecular weight is 323 g/mol. The fourth-order valence-corrected chi connectivity index (χ4v) is 3.31. The summed E-state index contributed by atoms with van der Waals surface area (Å²) in [4.78, 5) is 16.3. The molecule has 0 saturated heterocycles. The van der Waals surface area contributed by atoms with E-state index in [2.05, 4.69) is 60.6 Å². The van der Waals surface area contributed by atoms with Crippen molar-refractivity contribution in [2.75, 3.05) is 6.26 Å².